The lowest BCUT2D eigenvalue weighted by atomic mass is 10.1. The first kappa shape index (κ1) is 16.1. The Bertz CT molecular complexity index is 645. The maximum absolute atomic E-state index is 12.8. The number of fused-ring (bicyclic) bond motifs is 1. The van der Waals surface area contributed by atoms with Crippen molar-refractivity contribution in [3.8, 4) is 0 Å². The van der Waals surface area contributed by atoms with Crippen molar-refractivity contribution in [3.05, 3.63) is 45.7 Å². The molecule has 0 radical (unpaired) electrons. The van der Waals surface area contributed by atoms with Crippen molar-refractivity contribution in [1.29, 1.82) is 0 Å². The van der Waals surface area contributed by atoms with Gasteiger partial charge in [0.05, 0.1) is 10.6 Å². The van der Waals surface area contributed by atoms with Crippen LogP contribution in [0.4, 0.5) is 0 Å². The molecule has 1 aliphatic rings. The first-order valence-corrected chi connectivity index (χ1v) is 9.10. The molecule has 1 atom stereocenters. The molecule has 0 aromatic carbocycles. The average Bonchev–Trinajstić information content (AvgIpc) is 2.85. The zero-order valence-electron chi connectivity index (χ0n) is 13.8. The molecule has 2 aromatic heterocycles. The third-order valence-electron chi connectivity index (χ3n) is 4.56. The lowest BCUT2D eigenvalue weighted by Gasteiger charge is -2.24. The lowest BCUT2D eigenvalue weighted by molar-refractivity contribution is 0.0747. The van der Waals surface area contributed by atoms with Crippen LogP contribution >= 0.6 is 11.3 Å². The number of carbonyl (C=O) groups excluding carboxylic acids is 1. The second-order valence-electron chi connectivity index (χ2n) is 6.29. The molecule has 0 saturated carbocycles. The molecule has 0 bridgehead atoms. The molecule has 2 aromatic rings. The summed E-state index contributed by atoms with van der Waals surface area (Å²) in [5.74, 6) is 0.125. The van der Waals surface area contributed by atoms with Gasteiger partial charge in [0, 0.05) is 43.0 Å². The van der Waals surface area contributed by atoms with Crippen LogP contribution in [0.15, 0.2) is 24.7 Å². The molecule has 122 valence electrons. The smallest absolute Gasteiger partial charge is 0.263 e. The van der Waals surface area contributed by atoms with Gasteiger partial charge in [-0.05, 0) is 44.2 Å². The molecule has 0 aliphatic heterocycles. The molecule has 1 amide bonds. The van der Waals surface area contributed by atoms with Crippen molar-refractivity contribution >= 4 is 17.2 Å². The van der Waals surface area contributed by atoms with E-state index in [-0.39, 0.29) is 11.9 Å². The lowest BCUT2D eigenvalue weighted by Crippen LogP contribution is -2.36. The molecule has 23 heavy (non-hydrogen) atoms. The van der Waals surface area contributed by atoms with Crippen molar-refractivity contribution in [3.63, 3.8) is 0 Å². The number of carbonyl (C=O) groups is 1. The van der Waals surface area contributed by atoms with E-state index in [1.807, 2.05) is 11.9 Å². The minimum Gasteiger partial charge on any atom is -0.338 e. The van der Waals surface area contributed by atoms with Crippen LogP contribution < -0.4 is 0 Å². The molecule has 2 heterocycles. The second-order valence-corrected chi connectivity index (χ2v) is 7.42. The molecule has 0 N–H and O–H groups in total. The highest BCUT2D eigenvalue weighted by atomic mass is 32.1. The fraction of sp³-hybridized carbons (Fsp3) is 0.500. The normalized spacial score (nSPS) is 15.6. The Morgan fingerprint density at radius 2 is 2.13 bits per heavy atom. The predicted octanol–water partition coefficient (Wildman–Crippen LogP) is 3.51. The van der Waals surface area contributed by atoms with Crippen LogP contribution in [0.3, 0.4) is 0 Å². The summed E-state index contributed by atoms with van der Waals surface area (Å²) in [5.41, 5.74) is 2.31. The van der Waals surface area contributed by atoms with Crippen LogP contribution in [0.5, 0.6) is 0 Å². The fourth-order valence-electron chi connectivity index (χ4n) is 3.02. The zero-order valence-corrected chi connectivity index (χ0v) is 14.6. The summed E-state index contributed by atoms with van der Waals surface area (Å²) < 4.78 is 0. The Morgan fingerprint density at radius 1 is 1.30 bits per heavy atom. The molecular weight excluding hydrogens is 306 g/mol. The quantitative estimate of drug-likeness (QED) is 0.806. The van der Waals surface area contributed by atoms with E-state index in [1.165, 1.54) is 29.7 Å². The summed E-state index contributed by atoms with van der Waals surface area (Å²) in [6.07, 6.45) is 11.9. The van der Waals surface area contributed by atoms with Gasteiger partial charge in [-0.3, -0.25) is 14.8 Å². The summed E-state index contributed by atoms with van der Waals surface area (Å²) in [6.45, 7) is 2.06. The maximum Gasteiger partial charge on any atom is 0.263 e. The number of hydrogen-bond acceptors (Lipinski definition) is 4. The van der Waals surface area contributed by atoms with E-state index < -0.39 is 0 Å². The number of hydrogen-bond donors (Lipinski definition) is 0. The average molecular weight is 329 g/mol. The summed E-state index contributed by atoms with van der Waals surface area (Å²) in [6, 6.07) is 2.22. The molecule has 0 unspecified atom stereocenters. The van der Waals surface area contributed by atoms with Gasteiger partial charge >= 0.3 is 0 Å². The number of aryl methyl sites for hydroxylation is 2. The van der Waals surface area contributed by atoms with Crippen LogP contribution in [0, 0.1) is 0 Å². The SMILES string of the molecule is C[C@H](Cc1cnccn1)N(C)C(=O)c1cc2c(s1)CCCCC2. The highest BCUT2D eigenvalue weighted by molar-refractivity contribution is 7.14. The van der Waals surface area contributed by atoms with Crippen LogP contribution in [-0.4, -0.2) is 33.9 Å². The van der Waals surface area contributed by atoms with Gasteiger partial charge in [0.2, 0.25) is 0 Å². The Kier molecular flexibility index (Phi) is 5.06. The molecule has 0 spiro atoms. The van der Waals surface area contributed by atoms with E-state index in [4.69, 9.17) is 0 Å². The minimum absolute atomic E-state index is 0.0982. The van der Waals surface area contributed by atoms with Crippen molar-refractivity contribution < 1.29 is 4.79 Å². The van der Waals surface area contributed by atoms with E-state index in [0.29, 0.717) is 0 Å². The van der Waals surface area contributed by atoms with Gasteiger partial charge in [0.15, 0.2) is 0 Å². The zero-order chi connectivity index (χ0) is 16.2. The predicted molar refractivity (Wildman–Crippen MR) is 92.9 cm³/mol. The van der Waals surface area contributed by atoms with Gasteiger partial charge < -0.3 is 4.90 Å². The minimum atomic E-state index is 0.0982. The number of nitrogens with zero attached hydrogens (tertiary/aromatic N) is 3. The van der Waals surface area contributed by atoms with Gasteiger partial charge in [0.25, 0.3) is 5.91 Å². The van der Waals surface area contributed by atoms with E-state index in [2.05, 4.69) is 23.0 Å². The summed E-state index contributed by atoms with van der Waals surface area (Å²) in [4.78, 5) is 25.3. The molecule has 3 rings (SSSR count). The summed E-state index contributed by atoms with van der Waals surface area (Å²) in [7, 11) is 1.88. The molecule has 5 heteroatoms. The maximum atomic E-state index is 12.8. The Labute approximate surface area is 141 Å². The fourth-order valence-corrected chi connectivity index (χ4v) is 4.26. The topological polar surface area (TPSA) is 46.1 Å². The highest BCUT2D eigenvalue weighted by Gasteiger charge is 2.22. The number of aromatic nitrogens is 2. The van der Waals surface area contributed by atoms with Crippen LogP contribution in [-0.2, 0) is 19.3 Å². The number of likely N-dealkylation sites (N-methyl/N-ethyl adjacent to an activating group) is 1. The van der Waals surface area contributed by atoms with E-state index >= 15 is 0 Å². The van der Waals surface area contributed by atoms with Crippen molar-refractivity contribution in [2.75, 3.05) is 7.05 Å². The van der Waals surface area contributed by atoms with Crippen molar-refractivity contribution in [2.45, 2.75) is 51.5 Å². The standard InChI is InChI=1S/C18H23N3OS/c1-13(10-15-12-19-8-9-20-15)21(2)18(22)17-11-14-6-4-3-5-7-16(14)23-17/h8-9,11-13H,3-7,10H2,1-2H3/t13-/m1/s1. The van der Waals surface area contributed by atoms with Crippen molar-refractivity contribution in [2.24, 2.45) is 0 Å². The highest BCUT2D eigenvalue weighted by Crippen LogP contribution is 2.29. The number of thiophene rings is 1. The molecule has 4 nitrogen and oxygen atoms in total. The molecule has 1 aliphatic carbocycles. The first-order chi connectivity index (χ1) is 11.1. The van der Waals surface area contributed by atoms with E-state index in [0.717, 1.165) is 29.8 Å². The van der Waals surface area contributed by atoms with Crippen LogP contribution in [0.25, 0.3) is 0 Å². The van der Waals surface area contributed by atoms with Crippen molar-refractivity contribution in [1.82, 2.24) is 14.9 Å². The largest absolute Gasteiger partial charge is 0.338 e. The molecule has 0 saturated heterocycles. The third-order valence-corrected chi connectivity index (χ3v) is 5.79. The third kappa shape index (κ3) is 3.78. The number of amides is 1. The van der Waals surface area contributed by atoms with Gasteiger partial charge in [-0.15, -0.1) is 11.3 Å². The Balaban J connectivity index is 1.69. The van der Waals surface area contributed by atoms with Gasteiger partial charge in [-0.1, -0.05) is 6.42 Å². The van der Waals surface area contributed by atoms with Gasteiger partial charge in [-0.2, -0.15) is 0 Å². The summed E-state index contributed by atoms with van der Waals surface area (Å²) >= 11 is 1.69. The molecule has 0 fully saturated rings. The number of rotatable bonds is 4. The summed E-state index contributed by atoms with van der Waals surface area (Å²) in [5, 5.41) is 0. The van der Waals surface area contributed by atoms with Crippen LogP contribution in [0.1, 0.15) is 52.0 Å². The molecular formula is C18H23N3OS. The van der Waals surface area contributed by atoms with Gasteiger partial charge in [0.1, 0.15) is 0 Å². The Morgan fingerprint density at radius 3 is 2.91 bits per heavy atom. The monoisotopic (exact) mass is 329 g/mol. The van der Waals surface area contributed by atoms with Crippen LogP contribution in [0.2, 0.25) is 0 Å². The Hall–Kier alpha value is -1.75. The first-order valence-electron chi connectivity index (χ1n) is 8.29. The van der Waals surface area contributed by atoms with E-state index in [1.54, 1.807) is 29.9 Å². The second kappa shape index (κ2) is 7.21. The van der Waals surface area contributed by atoms with Gasteiger partial charge in [-0.25, -0.2) is 0 Å². The van der Waals surface area contributed by atoms with E-state index in [9.17, 15) is 4.79 Å².